The molecule has 20 heavy (non-hydrogen) atoms. The topological polar surface area (TPSA) is 58.6 Å². The maximum atomic E-state index is 11.6. The number of aliphatic hydroxyl groups excluding tert-OH is 1. The minimum Gasteiger partial charge on any atom is -0.466 e. The standard InChI is InChI=1S/C16H25NO3/c1-4-20-16(19)11-15(17-7-8-18)10-14-6-5-12(2)9-13(14)3/h5-6,9,15,17-18H,4,7-8,10-11H2,1-3H3. The zero-order valence-electron chi connectivity index (χ0n) is 12.6. The average Bonchev–Trinajstić information content (AvgIpc) is 2.39. The van der Waals surface area contributed by atoms with E-state index in [9.17, 15) is 4.79 Å². The van der Waals surface area contributed by atoms with E-state index >= 15 is 0 Å². The number of aliphatic hydroxyl groups is 1. The summed E-state index contributed by atoms with van der Waals surface area (Å²) in [5.74, 6) is -0.201. The molecular weight excluding hydrogens is 254 g/mol. The van der Waals surface area contributed by atoms with Crippen LogP contribution < -0.4 is 5.32 Å². The Balaban J connectivity index is 2.69. The minimum atomic E-state index is -0.201. The molecule has 0 spiro atoms. The highest BCUT2D eigenvalue weighted by atomic mass is 16.5. The molecule has 2 N–H and O–H groups in total. The number of esters is 1. The molecule has 0 aliphatic carbocycles. The number of aryl methyl sites for hydroxylation is 2. The summed E-state index contributed by atoms with van der Waals surface area (Å²) in [5, 5.41) is 12.1. The normalized spacial score (nSPS) is 12.2. The van der Waals surface area contributed by atoms with Crippen LogP contribution in [0.5, 0.6) is 0 Å². The number of benzene rings is 1. The van der Waals surface area contributed by atoms with Gasteiger partial charge in [0.15, 0.2) is 0 Å². The van der Waals surface area contributed by atoms with Gasteiger partial charge in [-0.25, -0.2) is 0 Å². The van der Waals surface area contributed by atoms with Crippen LogP contribution in [0, 0.1) is 13.8 Å². The summed E-state index contributed by atoms with van der Waals surface area (Å²) in [6.45, 7) is 6.89. The van der Waals surface area contributed by atoms with Gasteiger partial charge >= 0.3 is 5.97 Å². The third-order valence-electron chi connectivity index (χ3n) is 3.23. The fourth-order valence-corrected chi connectivity index (χ4v) is 2.25. The molecule has 1 rings (SSSR count). The lowest BCUT2D eigenvalue weighted by molar-refractivity contribution is -0.143. The van der Waals surface area contributed by atoms with Crippen molar-refractivity contribution < 1.29 is 14.6 Å². The smallest absolute Gasteiger partial charge is 0.307 e. The summed E-state index contributed by atoms with van der Waals surface area (Å²) >= 11 is 0. The van der Waals surface area contributed by atoms with Crippen molar-refractivity contribution in [3.8, 4) is 0 Å². The van der Waals surface area contributed by atoms with Gasteiger partial charge < -0.3 is 15.2 Å². The summed E-state index contributed by atoms with van der Waals surface area (Å²) in [5.41, 5.74) is 3.68. The van der Waals surface area contributed by atoms with Crippen molar-refractivity contribution in [1.29, 1.82) is 0 Å². The van der Waals surface area contributed by atoms with Crippen LogP contribution in [0.4, 0.5) is 0 Å². The Morgan fingerprint density at radius 1 is 1.40 bits per heavy atom. The number of hydrogen-bond acceptors (Lipinski definition) is 4. The number of nitrogens with one attached hydrogen (secondary N) is 1. The maximum Gasteiger partial charge on any atom is 0.307 e. The van der Waals surface area contributed by atoms with Gasteiger partial charge in [-0.1, -0.05) is 23.8 Å². The van der Waals surface area contributed by atoms with E-state index in [-0.39, 0.29) is 18.6 Å². The Kier molecular flexibility index (Phi) is 7.26. The number of hydrogen-bond donors (Lipinski definition) is 2. The van der Waals surface area contributed by atoms with Crippen LogP contribution in [0.1, 0.15) is 30.0 Å². The first-order valence-electron chi connectivity index (χ1n) is 7.12. The molecular formula is C16H25NO3. The van der Waals surface area contributed by atoms with E-state index in [0.29, 0.717) is 19.6 Å². The average molecular weight is 279 g/mol. The van der Waals surface area contributed by atoms with Gasteiger partial charge in [0, 0.05) is 12.6 Å². The monoisotopic (exact) mass is 279 g/mol. The number of carbonyl (C=O) groups excluding carboxylic acids is 1. The highest BCUT2D eigenvalue weighted by Crippen LogP contribution is 2.14. The predicted molar refractivity (Wildman–Crippen MR) is 79.7 cm³/mol. The molecule has 1 aromatic carbocycles. The summed E-state index contributed by atoms with van der Waals surface area (Å²) in [4.78, 5) is 11.6. The molecule has 0 aliphatic heterocycles. The van der Waals surface area contributed by atoms with Gasteiger partial charge in [0.05, 0.1) is 19.6 Å². The van der Waals surface area contributed by atoms with Crippen molar-refractivity contribution in [1.82, 2.24) is 5.32 Å². The quantitative estimate of drug-likeness (QED) is 0.712. The molecule has 0 bridgehead atoms. The SMILES string of the molecule is CCOC(=O)CC(Cc1ccc(C)cc1C)NCCO. The van der Waals surface area contributed by atoms with Crippen LogP contribution in [-0.4, -0.2) is 36.9 Å². The zero-order chi connectivity index (χ0) is 15.0. The highest BCUT2D eigenvalue weighted by molar-refractivity contribution is 5.70. The van der Waals surface area contributed by atoms with Gasteiger partial charge in [0.25, 0.3) is 0 Å². The maximum absolute atomic E-state index is 11.6. The Morgan fingerprint density at radius 2 is 2.15 bits per heavy atom. The molecule has 0 radical (unpaired) electrons. The van der Waals surface area contributed by atoms with Gasteiger partial charge in [-0.05, 0) is 38.3 Å². The molecule has 4 heteroatoms. The van der Waals surface area contributed by atoms with Crippen LogP contribution in [0.3, 0.4) is 0 Å². The third kappa shape index (κ3) is 5.72. The van der Waals surface area contributed by atoms with E-state index in [4.69, 9.17) is 9.84 Å². The van der Waals surface area contributed by atoms with Gasteiger partial charge in [0.1, 0.15) is 0 Å². The molecule has 0 aliphatic rings. The van der Waals surface area contributed by atoms with Gasteiger partial charge in [-0.3, -0.25) is 4.79 Å². The van der Waals surface area contributed by atoms with E-state index in [1.165, 1.54) is 16.7 Å². The van der Waals surface area contributed by atoms with E-state index in [1.807, 2.05) is 0 Å². The summed E-state index contributed by atoms with van der Waals surface area (Å²) in [6.07, 6.45) is 1.08. The molecule has 0 saturated carbocycles. The predicted octanol–water partition coefficient (Wildman–Crippen LogP) is 1.75. The van der Waals surface area contributed by atoms with Gasteiger partial charge in [-0.2, -0.15) is 0 Å². The van der Waals surface area contributed by atoms with Crippen LogP contribution in [0.2, 0.25) is 0 Å². The molecule has 1 unspecified atom stereocenters. The molecule has 112 valence electrons. The highest BCUT2D eigenvalue weighted by Gasteiger charge is 2.15. The van der Waals surface area contributed by atoms with Crippen molar-refractivity contribution in [2.45, 2.75) is 39.7 Å². The molecule has 1 aromatic rings. The van der Waals surface area contributed by atoms with E-state index in [0.717, 1.165) is 6.42 Å². The lowest BCUT2D eigenvalue weighted by Gasteiger charge is -2.19. The fourth-order valence-electron chi connectivity index (χ4n) is 2.25. The lowest BCUT2D eigenvalue weighted by Crippen LogP contribution is -2.36. The largest absolute Gasteiger partial charge is 0.466 e. The molecule has 0 saturated heterocycles. The first-order valence-corrected chi connectivity index (χ1v) is 7.12. The van der Waals surface area contributed by atoms with Gasteiger partial charge in [0.2, 0.25) is 0 Å². The Bertz CT molecular complexity index is 432. The zero-order valence-corrected chi connectivity index (χ0v) is 12.6. The second-order valence-electron chi connectivity index (χ2n) is 5.02. The third-order valence-corrected chi connectivity index (χ3v) is 3.23. The molecule has 4 nitrogen and oxygen atoms in total. The van der Waals surface area contributed by atoms with Crippen LogP contribution in [-0.2, 0) is 16.0 Å². The second-order valence-corrected chi connectivity index (χ2v) is 5.02. The van der Waals surface area contributed by atoms with Crippen LogP contribution in [0.25, 0.3) is 0 Å². The molecule has 1 atom stereocenters. The summed E-state index contributed by atoms with van der Waals surface area (Å²) in [7, 11) is 0. The Labute approximate surface area is 121 Å². The van der Waals surface area contributed by atoms with Crippen LogP contribution in [0.15, 0.2) is 18.2 Å². The number of rotatable bonds is 8. The van der Waals surface area contributed by atoms with Crippen molar-refractivity contribution in [3.05, 3.63) is 34.9 Å². The molecule has 0 aromatic heterocycles. The van der Waals surface area contributed by atoms with Crippen molar-refractivity contribution in [3.63, 3.8) is 0 Å². The lowest BCUT2D eigenvalue weighted by atomic mass is 9.97. The summed E-state index contributed by atoms with van der Waals surface area (Å²) < 4.78 is 5.00. The van der Waals surface area contributed by atoms with E-state index in [2.05, 4.69) is 37.4 Å². The first-order chi connectivity index (χ1) is 9.56. The van der Waals surface area contributed by atoms with E-state index < -0.39 is 0 Å². The molecule has 0 amide bonds. The molecule has 0 fully saturated rings. The van der Waals surface area contributed by atoms with Gasteiger partial charge in [-0.15, -0.1) is 0 Å². The Morgan fingerprint density at radius 3 is 2.75 bits per heavy atom. The van der Waals surface area contributed by atoms with E-state index in [1.54, 1.807) is 6.92 Å². The fraction of sp³-hybridized carbons (Fsp3) is 0.562. The number of ether oxygens (including phenoxy) is 1. The van der Waals surface area contributed by atoms with Crippen molar-refractivity contribution in [2.75, 3.05) is 19.8 Å². The van der Waals surface area contributed by atoms with Crippen molar-refractivity contribution >= 4 is 5.97 Å². The number of carbonyl (C=O) groups is 1. The minimum absolute atomic E-state index is 0.0115. The van der Waals surface area contributed by atoms with Crippen molar-refractivity contribution in [2.24, 2.45) is 0 Å². The summed E-state index contributed by atoms with van der Waals surface area (Å²) in [6, 6.07) is 6.31. The Hall–Kier alpha value is -1.39. The van der Waals surface area contributed by atoms with Crippen LogP contribution >= 0.6 is 0 Å². The second kappa shape index (κ2) is 8.72. The first kappa shape index (κ1) is 16.7. The molecule has 0 heterocycles.